The van der Waals surface area contributed by atoms with Crippen LogP contribution in [0.25, 0.3) is 4.85 Å². The number of anilines is 1. The number of fused-ring (bicyclic) bond motifs is 1. The lowest BCUT2D eigenvalue weighted by atomic mass is 9.64. The molecule has 2 aromatic carbocycles. The van der Waals surface area contributed by atoms with Crippen LogP contribution in [-0.4, -0.2) is 15.3 Å². The molecule has 3 rings (SSSR count). The SMILES string of the molecule is [C-]#[N+]c1ccc(S(=O)(=O)Nc2ccc3c(c2)B(C)OC3)cc1. The molecule has 5 nitrogen and oxygen atoms in total. The van der Waals surface area contributed by atoms with Gasteiger partial charge in [0.25, 0.3) is 10.0 Å². The van der Waals surface area contributed by atoms with Crippen LogP contribution in [0.5, 0.6) is 0 Å². The zero-order chi connectivity index (χ0) is 15.7. The molecule has 0 spiro atoms. The van der Waals surface area contributed by atoms with Crippen molar-refractivity contribution in [1.29, 1.82) is 0 Å². The van der Waals surface area contributed by atoms with Gasteiger partial charge in [0.15, 0.2) is 5.69 Å². The highest BCUT2D eigenvalue weighted by molar-refractivity contribution is 7.92. The Morgan fingerprint density at radius 2 is 1.95 bits per heavy atom. The highest BCUT2D eigenvalue weighted by Gasteiger charge is 2.24. The molecule has 1 heterocycles. The molecule has 0 aliphatic carbocycles. The predicted molar refractivity (Wildman–Crippen MR) is 86.0 cm³/mol. The van der Waals surface area contributed by atoms with Crippen LogP contribution in [0.3, 0.4) is 0 Å². The topological polar surface area (TPSA) is 59.8 Å². The van der Waals surface area contributed by atoms with Crippen molar-refractivity contribution < 1.29 is 13.1 Å². The molecule has 22 heavy (non-hydrogen) atoms. The summed E-state index contributed by atoms with van der Waals surface area (Å²) < 4.78 is 32.8. The molecule has 110 valence electrons. The van der Waals surface area contributed by atoms with Crippen molar-refractivity contribution in [3.8, 4) is 0 Å². The Balaban J connectivity index is 1.88. The Morgan fingerprint density at radius 3 is 2.64 bits per heavy atom. The largest absolute Gasteiger partial charge is 0.427 e. The van der Waals surface area contributed by atoms with E-state index in [0.717, 1.165) is 11.0 Å². The van der Waals surface area contributed by atoms with Gasteiger partial charge in [-0.2, -0.15) is 0 Å². The molecule has 7 heteroatoms. The van der Waals surface area contributed by atoms with Crippen molar-refractivity contribution in [2.45, 2.75) is 18.3 Å². The number of benzene rings is 2. The third kappa shape index (κ3) is 2.71. The lowest BCUT2D eigenvalue weighted by Gasteiger charge is -2.10. The third-order valence-electron chi connectivity index (χ3n) is 3.60. The fraction of sp³-hybridized carbons (Fsp3) is 0.133. The van der Waals surface area contributed by atoms with Crippen LogP contribution in [0, 0.1) is 6.57 Å². The summed E-state index contributed by atoms with van der Waals surface area (Å²) in [6, 6.07) is 11.2. The zero-order valence-electron chi connectivity index (χ0n) is 11.9. The Bertz CT molecular complexity index is 857. The van der Waals surface area contributed by atoms with Crippen molar-refractivity contribution >= 4 is 33.8 Å². The second-order valence-electron chi connectivity index (χ2n) is 5.08. The summed E-state index contributed by atoms with van der Waals surface area (Å²) in [4.78, 5) is 3.38. The molecule has 0 atom stereocenters. The summed E-state index contributed by atoms with van der Waals surface area (Å²) in [6.45, 7) is 9.35. The minimum Gasteiger partial charge on any atom is -0.427 e. The van der Waals surface area contributed by atoms with Crippen LogP contribution in [0.4, 0.5) is 11.4 Å². The Labute approximate surface area is 129 Å². The van der Waals surface area contributed by atoms with Gasteiger partial charge in [0.05, 0.1) is 18.1 Å². The first-order valence-electron chi connectivity index (χ1n) is 6.74. The maximum absolute atomic E-state index is 12.4. The van der Waals surface area contributed by atoms with Gasteiger partial charge in [-0.1, -0.05) is 37.2 Å². The molecule has 0 fully saturated rings. The van der Waals surface area contributed by atoms with Gasteiger partial charge in [0.1, 0.15) is 0 Å². The van der Waals surface area contributed by atoms with Crippen LogP contribution in [-0.2, 0) is 21.3 Å². The molecule has 0 aromatic heterocycles. The maximum atomic E-state index is 12.4. The number of nitrogens with one attached hydrogen (secondary N) is 1. The predicted octanol–water partition coefficient (Wildman–Crippen LogP) is 2.40. The Kier molecular flexibility index (Phi) is 3.65. The summed E-state index contributed by atoms with van der Waals surface area (Å²) in [5.74, 6) is 0. The van der Waals surface area contributed by atoms with Crippen molar-refractivity contribution in [1.82, 2.24) is 0 Å². The summed E-state index contributed by atoms with van der Waals surface area (Å²) in [5, 5.41) is 0. The van der Waals surface area contributed by atoms with Gasteiger partial charge in [-0.05, 0) is 23.2 Å². The number of rotatable bonds is 3. The van der Waals surface area contributed by atoms with E-state index in [4.69, 9.17) is 11.2 Å². The highest BCUT2D eigenvalue weighted by atomic mass is 32.2. The summed E-state index contributed by atoms with van der Waals surface area (Å²) >= 11 is 0. The van der Waals surface area contributed by atoms with E-state index in [1.165, 1.54) is 24.3 Å². The van der Waals surface area contributed by atoms with Crippen molar-refractivity contribution in [2.24, 2.45) is 0 Å². The van der Waals surface area contributed by atoms with Crippen molar-refractivity contribution in [2.75, 3.05) is 4.72 Å². The fourth-order valence-corrected chi connectivity index (χ4v) is 3.44. The van der Waals surface area contributed by atoms with E-state index in [1.54, 1.807) is 12.1 Å². The minimum absolute atomic E-state index is 0.0302. The van der Waals surface area contributed by atoms with Gasteiger partial charge in [-0.3, -0.25) is 4.72 Å². The van der Waals surface area contributed by atoms with Gasteiger partial charge < -0.3 is 4.65 Å². The Morgan fingerprint density at radius 1 is 1.23 bits per heavy atom. The standard InChI is InChI=1S/C15H13BN2O3S/c1-16-15-9-13(4-3-11(15)10-21-16)18-22(19,20)14-7-5-12(17-2)6-8-14/h3-9,18H,10H2,1H3. The molecular weight excluding hydrogens is 299 g/mol. The summed E-state index contributed by atoms with van der Waals surface area (Å²) in [5.41, 5.74) is 2.99. The monoisotopic (exact) mass is 312 g/mol. The van der Waals surface area contributed by atoms with Crippen LogP contribution in [0.1, 0.15) is 5.56 Å². The van der Waals surface area contributed by atoms with Crippen LogP contribution in [0.15, 0.2) is 47.4 Å². The number of hydrogen-bond acceptors (Lipinski definition) is 3. The molecule has 1 N–H and O–H groups in total. The maximum Gasteiger partial charge on any atom is 0.324 e. The molecule has 2 aromatic rings. The van der Waals surface area contributed by atoms with Crippen LogP contribution in [0.2, 0.25) is 6.82 Å². The fourth-order valence-electron chi connectivity index (χ4n) is 2.39. The van der Waals surface area contributed by atoms with Gasteiger partial charge in [0, 0.05) is 5.69 Å². The van der Waals surface area contributed by atoms with E-state index in [9.17, 15) is 8.42 Å². The normalized spacial score (nSPS) is 13.5. The minimum atomic E-state index is -3.67. The number of sulfonamides is 1. The van der Waals surface area contributed by atoms with Gasteiger partial charge in [-0.15, -0.1) is 0 Å². The van der Waals surface area contributed by atoms with Crippen molar-refractivity contribution in [3.05, 3.63) is 59.4 Å². The van der Waals surface area contributed by atoms with E-state index >= 15 is 0 Å². The molecule has 0 amide bonds. The van der Waals surface area contributed by atoms with E-state index in [1.807, 2.05) is 12.9 Å². The third-order valence-corrected chi connectivity index (χ3v) is 5.00. The zero-order valence-corrected chi connectivity index (χ0v) is 12.7. The average molecular weight is 312 g/mol. The molecule has 0 radical (unpaired) electrons. The van der Waals surface area contributed by atoms with Crippen molar-refractivity contribution in [3.63, 3.8) is 0 Å². The Hall–Kier alpha value is -2.30. The lowest BCUT2D eigenvalue weighted by Crippen LogP contribution is -2.25. The molecular formula is C15H13BN2O3S. The van der Waals surface area contributed by atoms with Gasteiger partial charge in [-0.25, -0.2) is 13.3 Å². The highest BCUT2D eigenvalue weighted by Crippen LogP contribution is 2.21. The van der Waals surface area contributed by atoms with E-state index in [2.05, 4.69) is 9.57 Å². The first-order valence-corrected chi connectivity index (χ1v) is 8.23. The van der Waals surface area contributed by atoms with E-state index in [0.29, 0.717) is 18.0 Å². The van der Waals surface area contributed by atoms with Gasteiger partial charge in [0.2, 0.25) is 0 Å². The number of hydrogen-bond donors (Lipinski definition) is 1. The van der Waals surface area contributed by atoms with Crippen LogP contribution >= 0.6 is 0 Å². The summed E-state index contributed by atoms with van der Waals surface area (Å²) in [6.07, 6.45) is 0. The quantitative estimate of drug-likeness (QED) is 0.699. The molecule has 0 saturated carbocycles. The second-order valence-corrected chi connectivity index (χ2v) is 6.76. The first kappa shape index (κ1) is 14.6. The van der Waals surface area contributed by atoms with Gasteiger partial charge >= 0.3 is 6.92 Å². The average Bonchev–Trinajstić information content (AvgIpc) is 2.88. The van der Waals surface area contributed by atoms with Crippen LogP contribution < -0.4 is 10.2 Å². The molecule has 0 unspecified atom stereocenters. The molecule has 1 aliphatic heterocycles. The molecule has 0 saturated heterocycles. The molecule has 0 bridgehead atoms. The lowest BCUT2D eigenvalue weighted by molar-refractivity contribution is 0.333. The summed E-state index contributed by atoms with van der Waals surface area (Å²) in [7, 11) is -3.67. The van der Waals surface area contributed by atoms with E-state index < -0.39 is 10.0 Å². The van der Waals surface area contributed by atoms with E-state index in [-0.39, 0.29) is 11.8 Å². The second kappa shape index (κ2) is 5.48. The first-order chi connectivity index (χ1) is 10.5. The number of nitrogens with zero attached hydrogens (tertiary/aromatic N) is 1. The smallest absolute Gasteiger partial charge is 0.324 e. The molecule has 1 aliphatic rings.